The molecule has 0 heterocycles. The molecule has 0 unspecified atom stereocenters. The van der Waals surface area contributed by atoms with Crippen LogP contribution in [-0.4, -0.2) is 5.97 Å². The van der Waals surface area contributed by atoms with Crippen LogP contribution in [0.2, 0.25) is 0 Å². The summed E-state index contributed by atoms with van der Waals surface area (Å²) in [6.45, 7) is 0. The molecule has 0 fully saturated rings. The first-order chi connectivity index (χ1) is 13.1. The Hall–Kier alpha value is -3.53. The standard InChI is InChI=1S/C23H23N2O2/c24-21-14-10-19(11-15-21)7-3-1-5-9-23(26)27-18-6-2-4-8-20-12-16-22(25)17-13-20/h1-6,10-18H,7-8,24-25H2. The van der Waals surface area contributed by atoms with E-state index in [0.717, 1.165) is 35.3 Å². The fourth-order valence-corrected chi connectivity index (χ4v) is 2.16. The highest BCUT2D eigenvalue weighted by Gasteiger charge is 1.92. The van der Waals surface area contributed by atoms with E-state index in [4.69, 9.17) is 16.2 Å². The Labute approximate surface area is 160 Å². The number of hydrogen-bond donors (Lipinski definition) is 2. The number of rotatable bonds is 8. The molecule has 0 aromatic heterocycles. The topological polar surface area (TPSA) is 78.3 Å². The van der Waals surface area contributed by atoms with Crippen molar-refractivity contribution in [2.24, 2.45) is 0 Å². The summed E-state index contributed by atoms with van der Waals surface area (Å²) in [6.07, 6.45) is 16.1. The monoisotopic (exact) mass is 359 g/mol. The smallest absolute Gasteiger partial charge is 0.343 e. The fourth-order valence-electron chi connectivity index (χ4n) is 2.16. The number of carbonyl (C=O) groups excluding carboxylic acids is 1. The highest BCUT2D eigenvalue weighted by atomic mass is 16.5. The highest BCUT2D eigenvalue weighted by molar-refractivity contribution is 5.78. The van der Waals surface area contributed by atoms with Crippen LogP contribution in [0, 0.1) is 6.08 Å². The third kappa shape index (κ3) is 8.40. The lowest BCUT2D eigenvalue weighted by molar-refractivity contribution is -0.133. The lowest BCUT2D eigenvalue weighted by Gasteiger charge is -1.96. The van der Waals surface area contributed by atoms with Crippen LogP contribution in [0.25, 0.3) is 0 Å². The zero-order valence-corrected chi connectivity index (χ0v) is 15.0. The van der Waals surface area contributed by atoms with Gasteiger partial charge in [-0.2, -0.15) is 0 Å². The van der Waals surface area contributed by atoms with Crippen molar-refractivity contribution in [3.05, 3.63) is 108 Å². The van der Waals surface area contributed by atoms with Crippen molar-refractivity contribution in [3.63, 3.8) is 0 Å². The third-order valence-electron chi connectivity index (χ3n) is 3.60. The molecule has 0 aliphatic heterocycles. The molecular formula is C23H23N2O2. The van der Waals surface area contributed by atoms with Gasteiger partial charge >= 0.3 is 5.97 Å². The number of esters is 1. The summed E-state index contributed by atoms with van der Waals surface area (Å²) in [7, 11) is 0. The van der Waals surface area contributed by atoms with Gasteiger partial charge in [-0.3, -0.25) is 0 Å². The Morgan fingerprint density at radius 2 is 1.33 bits per heavy atom. The predicted molar refractivity (Wildman–Crippen MR) is 110 cm³/mol. The fraction of sp³-hybridized carbons (Fsp3) is 0.0870. The van der Waals surface area contributed by atoms with E-state index in [1.54, 1.807) is 12.2 Å². The van der Waals surface area contributed by atoms with Crippen molar-refractivity contribution in [2.45, 2.75) is 12.8 Å². The van der Waals surface area contributed by atoms with E-state index >= 15 is 0 Å². The third-order valence-corrected chi connectivity index (χ3v) is 3.60. The average Bonchev–Trinajstić information content (AvgIpc) is 2.67. The maximum Gasteiger partial charge on any atom is 0.343 e. The lowest BCUT2D eigenvalue weighted by Crippen LogP contribution is -1.93. The molecule has 0 atom stereocenters. The van der Waals surface area contributed by atoms with Crippen molar-refractivity contribution >= 4 is 17.3 Å². The Morgan fingerprint density at radius 3 is 1.89 bits per heavy atom. The summed E-state index contributed by atoms with van der Waals surface area (Å²) in [5.41, 5.74) is 15.1. The molecule has 0 aliphatic carbocycles. The molecule has 1 radical (unpaired) electrons. The van der Waals surface area contributed by atoms with E-state index in [1.165, 1.54) is 12.3 Å². The molecule has 4 N–H and O–H groups in total. The first-order valence-electron chi connectivity index (χ1n) is 8.59. The summed E-state index contributed by atoms with van der Waals surface area (Å²) >= 11 is 0. The van der Waals surface area contributed by atoms with Crippen molar-refractivity contribution in [1.29, 1.82) is 0 Å². The van der Waals surface area contributed by atoms with Crippen LogP contribution >= 0.6 is 0 Å². The van der Waals surface area contributed by atoms with Crippen LogP contribution in [0.3, 0.4) is 0 Å². The predicted octanol–water partition coefficient (Wildman–Crippen LogP) is 4.16. The van der Waals surface area contributed by atoms with E-state index in [9.17, 15) is 4.79 Å². The Balaban J connectivity index is 1.64. The van der Waals surface area contributed by atoms with Gasteiger partial charge in [0.25, 0.3) is 0 Å². The Morgan fingerprint density at radius 1 is 0.815 bits per heavy atom. The maximum absolute atomic E-state index is 11.5. The molecule has 137 valence electrons. The molecule has 2 aromatic rings. The van der Waals surface area contributed by atoms with Gasteiger partial charge in [0.1, 0.15) is 0 Å². The lowest BCUT2D eigenvalue weighted by atomic mass is 10.1. The van der Waals surface area contributed by atoms with E-state index in [2.05, 4.69) is 6.08 Å². The van der Waals surface area contributed by atoms with Gasteiger partial charge in [0.15, 0.2) is 0 Å². The largest absolute Gasteiger partial charge is 0.431 e. The molecule has 27 heavy (non-hydrogen) atoms. The summed E-state index contributed by atoms with van der Waals surface area (Å²) in [6, 6.07) is 15.3. The van der Waals surface area contributed by atoms with Gasteiger partial charge in [0.05, 0.1) is 12.3 Å². The van der Waals surface area contributed by atoms with Crippen molar-refractivity contribution in [3.8, 4) is 0 Å². The van der Waals surface area contributed by atoms with E-state index in [-0.39, 0.29) is 0 Å². The van der Waals surface area contributed by atoms with E-state index in [0.29, 0.717) is 0 Å². The second-order valence-corrected chi connectivity index (χ2v) is 5.79. The second-order valence-electron chi connectivity index (χ2n) is 5.79. The number of hydrogen-bond acceptors (Lipinski definition) is 4. The second kappa shape index (κ2) is 11.2. The zero-order chi connectivity index (χ0) is 19.3. The minimum absolute atomic E-state index is 0.546. The van der Waals surface area contributed by atoms with Crippen LogP contribution in [0.1, 0.15) is 11.1 Å². The molecule has 0 spiro atoms. The summed E-state index contributed by atoms with van der Waals surface area (Å²) in [5, 5.41) is 0. The molecular weight excluding hydrogens is 336 g/mol. The number of anilines is 2. The van der Waals surface area contributed by atoms with Gasteiger partial charge in [-0.05, 0) is 60.4 Å². The summed E-state index contributed by atoms with van der Waals surface area (Å²) in [4.78, 5) is 11.5. The normalized spacial score (nSPS) is 11.9. The maximum atomic E-state index is 11.5. The van der Waals surface area contributed by atoms with Gasteiger partial charge in [-0.15, -0.1) is 0 Å². The Kier molecular flexibility index (Phi) is 8.18. The van der Waals surface area contributed by atoms with Gasteiger partial charge in [-0.1, -0.05) is 48.6 Å². The quantitative estimate of drug-likeness (QED) is 0.244. The minimum Gasteiger partial charge on any atom is -0.431 e. The number of ether oxygens (including phenoxy) is 1. The molecule has 4 heteroatoms. The van der Waals surface area contributed by atoms with E-state index in [1.807, 2.05) is 66.8 Å². The molecule has 2 rings (SSSR count). The number of nitrogens with two attached hydrogens (primary N) is 2. The number of carbonyl (C=O) groups is 1. The van der Waals surface area contributed by atoms with E-state index < -0.39 is 5.97 Å². The summed E-state index contributed by atoms with van der Waals surface area (Å²) < 4.78 is 4.91. The average molecular weight is 359 g/mol. The number of allylic oxidation sites excluding steroid dienone is 6. The highest BCUT2D eigenvalue weighted by Crippen LogP contribution is 2.07. The SMILES string of the molecule is Nc1ccc(CC=CC=[C]C(=O)OC=CC=CCc2ccc(N)cc2)cc1. The first kappa shape index (κ1) is 19.8. The van der Waals surface area contributed by atoms with Gasteiger partial charge in [0.2, 0.25) is 0 Å². The molecule has 0 saturated heterocycles. The first-order valence-corrected chi connectivity index (χ1v) is 8.59. The van der Waals surface area contributed by atoms with Crippen molar-refractivity contribution in [1.82, 2.24) is 0 Å². The Bertz CT molecular complexity index is 830. The minimum atomic E-state index is -0.546. The molecule has 0 aliphatic rings. The van der Waals surface area contributed by atoms with Gasteiger partial charge in [0, 0.05) is 11.4 Å². The van der Waals surface area contributed by atoms with Crippen LogP contribution in [0.5, 0.6) is 0 Å². The number of nitrogen functional groups attached to an aromatic ring is 2. The molecule has 0 bridgehead atoms. The zero-order valence-electron chi connectivity index (χ0n) is 15.0. The number of benzene rings is 2. The van der Waals surface area contributed by atoms with Crippen molar-refractivity contribution in [2.75, 3.05) is 11.5 Å². The van der Waals surface area contributed by atoms with Crippen LogP contribution in [0.4, 0.5) is 11.4 Å². The van der Waals surface area contributed by atoms with Crippen LogP contribution < -0.4 is 11.5 Å². The van der Waals surface area contributed by atoms with Crippen molar-refractivity contribution < 1.29 is 9.53 Å². The summed E-state index contributed by atoms with van der Waals surface area (Å²) in [5.74, 6) is -0.546. The molecule has 0 amide bonds. The van der Waals surface area contributed by atoms with Gasteiger partial charge in [-0.25, -0.2) is 4.79 Å². The molecule has 0 saturated carbocycles. The molecule has 2 aromatic carbocycles. The van der Waals surface area contributed by atoms with Crippen LogP contribution in [-0.2, 0) is 22.4 Å². The molecule has 4 nitrogen and oxygen atoms in total. The van der Waals surface area contributed by atoms with Crippen LogP contribution in [0.15, 0.2) is 91.2 Å². The van der Waals surface area contributed by atoms with Gasteiger partial charge < -0.3 is 16.2 Å².